The molecule has 1 aliphatic heterocycles. The maximum absolute atomic E-state index is 12.5. The first-order chi connectivity index (χ1) is 11.1. The third kappa shape index (κ3) is 4.23. The lowest BCUT2D eigenvalue weighted by atomic mass is 10.0. The molecule has 23 heavy (non-hydrogen) atoms. The number of benzene rings is 1. The Kier molecular flexibility index (Phi) is 5.99. The highest BCUT2D eigenvalue weighted by Gasteiger charge is 2.35. The largest absolute Gasteiger partial charge is 0.466 e. The van der Waals surface area contributed by atoms with Crippen LogP contribution >= 0.6 is 11.6 Å². The van der Waals surface area contributed by atoms with Gasteiger partial charge in [-0.25, -0.2) is 4.79 Å². The monoisotopic (exact) mass is 333 g/mol. The molecule has 0 N–H and O–H groups in total. The number of nitrogens with zero attached hydrogens (tertiary/aromatic N) is 1. The molecular weight excluding hydrogens is 314 g/mol. The molecule has 0 unspecified atom stereocenters. The normalized spacial score (nSPS) is 20.7. The van der Waals surface area contributed by atoms with Crippen LogP contribution in [0.2, 0.25) is 5.02 Å². The van der Waals surface area contributed by atoms with E-state index in [2.05, 4.69) is 11.3 Å². The van der Waals surface area contributed by atoms with E-state index in [-0.39, 0.29) is 24.4 Å². The zero-order valence-electron chi connectivity index (χ0n) is 13.1. The number of carbonyl (C=O) groups is 2. The van der Waals surface area contributed by atoms with Crippen LogP contribution in [0.15, 0.2) is 49.1 Å². The number of halogens is 1. The first kappa shape index (κ1) is 17.3. The van der Waals surface area contributed by atoms with E-state index in [0.717, 1.165) is 18.4 Å². The summed E-state index contributed by atoms with van der Waals surface area (Å²) in [4.78, 5) is 25.6. The van der Waals surface area contributed by atoms with Gasteiger partial charge in [0.15, 0.2) is 0 Å². The lowest BCUT2D eigenvalue weighted by Gasteiger charge is -2.29. The number of methoxy groups -OCH3 is 1. The molecule has 4 nitrogen and oxygen atoms in total. The van der Waals surface area contributed by atoms with Crippen LogP contribution in [0.1, 0.15) is 30.9 Å². The van der Waals surface area contributed by atoms with Crippen molar-refractivity contribution in [2.24, 2.45) is 0 Å². The average molecular weight is 334 g/mol. The highest BCUT2D eigenvalue weighted by molar-refractivity contribution is 6.30. The van der Waals surface area contributed by atoms with Gasteiger partial charge in [0, 0.05) is 17.5 Å². The second-order valence-corrected chi connectivity index (χ2v) is 5.82. The third-order valence-electron chi connectivity index (χ3n) is 3.95. The van der Waals surface area contributed by atoms with Crippen LogP contribution in [0, 0.1) is 0 Å². The molecule has 1 amide bonds. The Morgan fingerprint density at radius 3 is 2.65 bits per heavy atom. The van der Waals surface area contributed by atoms with E-state index < -0.39 is 5.97 Å². The molecule has 5 heteroatoms. The van der Waals surface area contributed by atoms with Gasteiger partial charge in [0.2, 0.25) is 5.91 Å². The Balaban J connectivity index is 2.26. The average Bonchev–Trinajstić information content (AvgIpc) is 2.97. The van der Waals surface area contributed by atoms with Crippen molar-refractivity contribution in [3.63, 3.8) is 0 Å². The molecule has 1 fully saturated rings. The summed E-state index contributed by atoms with van der Waals surface area (Å²) in [5, 5.41) is 0.665. The van der Waals surface area contributed by atoms with E-state index in [0.29, 0.717) is 5.02 Å². The fourth-order valence-corrected chi connectivity index (χ4v) is 3.01. The highest BCUT2D eigenvalue weighted by atomic mass is 35.5. The zero-order chi connectivity index (χ0) is 16.8. The summed E-state index contributed by atoms with van der Waals surface area (Å²) in [6.45, 7) is 3.64. The summed E-state index contributed by atoms with van der Waals surface area (Å²) in [5.74, 6) is -0.423. The molecule has 1 aromatic rings. The van der Waals surface area contributed by atoms with Crippen LogP contribution in [0.4, 0.5) is 0 Å². The summed E-state index contributed by atoms with van der Waals surface area (Å²) < 4.78 is 4.62. The third-order valence-corrected chi connectivity index (χ3v) is 4.20. The van der Waals surface area contributed by atoms with Crippen molar-refractivity contribution in [1.82, 2.24) is 4.90 Å². The van der Waals surface area contributed by atoms with E-state index in [1.54, 1.807) is 12.2 Å². The van der Waals surface area contributed by atoms with Crippen molar-refractivity contribution in [2.75, 3.05) is 7.11 Å². The molecular formula is C18H20ClNO3. The summed E-state index contributed by atoms with van der Waals surface area (Å²) >= 11 is 5.94. The lowest BCUT2D eigenvalue weighted by Crippen LogP contribution is -2.36. The number of hydrogen-bond donors (Lipinski definition) is 0. The van der Waals surface area contributed by atoms with Gasteiger partial charge in [-0.2, -0.15) is 0 Å². The zero-order valence-corrected chi connectivity index (χ0v) is 13.8. The Hall–Kier alpha value is -2.07. The molecule has 1 aliphatic rings. The van der Waals surface area contributed by atoms with Crippen LogP contribution in [-0.2, 0) is 14.3 Å². The van der Waals surface area contributed by atoms with Crippen LogP contribution in [-0.4, -0.2) is 29.9 Å². The van der Waals surface area contributed by atoms with Crippen molar-refractivity contribution < 1.29 is 14.3 Å². The number of amides is 1. The summed E-state index contributed by atoms with van der Waals surface area (Å²) in [6.07, 6.45) is 6.61. The second-order valence-electron chi connectivity index (χ2n) is 5.39. The first-order valence-corrected chi connectivity index (χ1v) is 7.88. The minimum atomic E-state index is -0.420. The summed E-state index contributed by atoms with van der Waals surface area (Å²) in [7, 11) is 1.33. The Bertz CT molecular complexity index is 609. The fraction of sp³-hybridized carbons (Fsp3) is 0.333. The van der Waals surface area contributed by atoms with Gasteiger partial charge >= 0.3 is 5.97 Å². The topological polar surface area (TPSA) is 46.6 Å². The van der Waals surface area contributed by atoms with E-state index in [1.165, 1.54) is 13.2 Å². The van der Waals surface area contributed by atoms with Gasteiger partial charge in [0.1, 0.15) is 0 Å². The van der Waals surface area contributed by atoms with Gasteiger partial charge in [-0.15, -0.1) is 6.58 Å². The van der Waals surface area contributed by atoms with Gasteiger partial charge in [-0.05, 0) is 30.5 Å². The first-order valence-electron chi connectivity index (χ1n) is 7.50. The molecule has 0 radical (unpaired) electrons. The summed E-state index contributed by atoms with van der Waals surface area (Å²) in [6, 6.07) is 7.38. The quantitative estimate of drug-likeness (QED) is 0.469. The molecule has 2 rings (SSSR count). The van der Waals surface area contributed by atoms with Crippen LogP contribution < -0.4 is 0 Å². The molecule has 1 heterocycles. The maximum Gasteiger partial charge on any atom is 0.330 e. The minimum Gasteiger partial charge on any atom is -0.466 e. The van der Waals surface area contributed by atoms with Gasteiger partial charge in [-0.3, -0.25) is 4.79 Å². The summed E-state index contributed by atoms with van der Waals surface area (Å²) in [5.41, 5.74) is 1.04. The molecule has 122 valence electrons. The van der Waals surface area contributed by atoms with Crippen molar-refractivity contribution in [3.8, 4) is 0 Å². The molecule has 0 aromatic heterocycles. The molecule has 0 saturated carbocycles. The number of esters is 1. The van der Waals surface area contributed by atoms with E-state index in [1.807, 2.05) is 29.2 Å². The van der Waals surface area contributed by atoms with Gasteiger partial charge < -0.3 is 9.64 Å². The van der Waals surface area contributed by atoms with Crippen LogP contribution in [0.3, 0.4) is 0 Å². The smallest absolute Gasteiger partial charge is 0.330 e. The maximum atomic E-state index is 12.5. The molecule has 0 spiro atoms. The van der Waals surface area contributed by atoms with Crippen LogP contribution in [0.25, 0.3) is 0 Å². The van der Waals surface area contributed by atoms with Crippen molar-refractivity contribution in [2.45, 2.75) is 31.3 Å². The predicted molar refractivity (Wildman–Crippen MR) is 90.0 cm³/mol. The Morgan fingerprint density at radius 1 is 1.35 bits per heavy atom. The molecule has 1 saturated heterocycles. The minimum absolute atomic E-state index is 0.00281. The molecule has 0 bridgehead atoms. The van der Waals surface area contributed by atoms with Crippen molar-refractivity contribution >= 4 is 23.5 Å². The second kappa shape index (κ2) is 7.97. The molecule has 1 aromatic carbocycles. The standard InChI is InChI=1S/C18H20ClNO3/c1-3-4-17(21)20-15(10-12-18(22)23-2)9-11-16(20)13-5-7-14(19)8-6-13/h3,5-8,10,12,15-16H,1,4,9,11H2,2H3/b12-10+/t15-,16+/m1/s1. The predicted octanol–water partition coefficient (Wildman–Crippen LogP) is 3.68. The van der Waals surface area contributed by atoms with E-state index in [4.69, 9.17) is 11.6 Å². The van der Waals surface area contributed by atoms with Crippen molar-refractivity contribution in [3.05, 3.63) is 59.7 Å². The molecule has 2 atom stereocenters. The number of hydrogen-bond acceptors (Lipinski definition) is 3. The number of carbonyl (C=O) groups excluding carboxylic acids is 2. The van der Waals surface area contributed by atoms with Crippen LogP contribution in [0.5, 0.6) is 0 Å². The Morgan fingerprint density at radius 2 is 2.04 bits per heavy atom. The molecule has 0 aliphatic carbocycles. The fourth-order valence-electron chi connectivity index (χ4n) is 2.88. The number of likely N-dealkylation sites (tertiary alicyclic amines) is 1. The van der Waals surface area contributed by atoms with E-state index in [9.17, 15) is 9.59 Å². The van der Waals surface area contributed by atoms with E-state index >= 15 is 0 Å². The van der Waals surface area contributed by atoms with Gasteiger partial charge in [-0.1, -0.05) is 35.9 Å². The van der Waals surface area contributed by atoms with Gasteiger partial charge in [0.05, 0.1) is 19.2 Å². The Labute approximate surface area is 141 Å². The highest BCUT2D eigenvalue weighted by Crippen LogP contribution is 2.37. The van der Waals surface area contributed by atoms with Gasteiger partial charge in [0.25, 0.3) is 0 Å². The number of ether oxygens (including phenoxy) is 1. The SMILES string of the molecule is C=CCC(=O)N1[C@@H](/C=C/C(=O)OC)CC[C@H]1c1ccc(Cl)cc1. The van der Waals surface area contributed by atoms with Crippen molar-refractivity contribution in [1.29, 1.82) is 0 Å². The number of rotatable bonds is 5. The lowest BCUT2D eigenvalue weighted by molar-refractivity contribution is -0.135.